The van der Waals surface area contributed by atoms with Crippen LogP contribution in [0.15, 0.2) is 48.5 Å². The molecule has 2 rings (SSSR count). The van der Waals surface area contributed by atoms with Gasteiger partial charge in [-0.1, -0.05) is 23.7 Å². The van der Waals surface area contributed by atoms with E-state index in [1.165, 1.54) is 0 Å². The Kier molecular flexibility index (Phi) is 6.10. The third kappa shape index (κ3) is 5.30. The first-order valence-electron chi connectivity index (χ1n) is 6.95. The van der Waals surface area contributed by atoms with E-state index in [0.29, 0.717) is 17.3 Å². The average molecular weight is 320 g/mol. The van der Waals surface area contributed by atoms with E-state index < -0.39 is 0 Å². The van der Waals surface area contributed by atoms with Crippen molar-refractivity contribution < 1.29 is 14.3 Å². The highest BCUT2D eigenvalue weighted by molar-refractivity contribution is 6.30. The van der Waals surface area contributed by atoms with Crippen LogP contribution in [0, 0.1) is 0 Å². The van der Waals surface area contributed by atoms with Crippen molar-refractivity contribution >= 4 is 17.5 Å². The highest BCUT2D eigenvalue weighted by Gasteiger charge is 2.03. The number of hydrogen-bond donors (Lipinski definition) is 1. The Morgan fingerprint density at radius 3 is 2.64 bits per heavy atom. The van der Waals surface area contributed by atoms with Gasteiger partial charge in [0.15, 0.2) is 6.61 Å². The van der Waals surface area contributed by atoms with Gasteiger partial charge in [0.25, 0.3) is 5.91 Å². The molecule has 0 saturated carbocycles. The minimum absolute atomic E-state index is 0.0141. The minimum Gasteiger partial charge on any atom is -0.497 e. The highest BCUT2D eigenvalue weighted by Crippen LogP contribution is 2.15. The maximum atomic E-state index is 11.7. The molecular weight excluding hydrogens is 302 g/mol. The Balaban J connectivity index is 1.70. The lowest BCUT2D eigenvalue weighted by molar-refractivity contribution is -0.123. The number of amides is 1. The van der Waals surface area contributed by atoms with Gasteiger partial charge >= 0.3 is 0 Å². The lowest BCUT2D eigenvalue weighted by Gasteiger charge is -2.08. The van der Waals surface area contributed by atoms with Crippen molar-refractivity contribution in [3.63, 3.8) is 0 Å². The molecule has 0 aliphatic carbocycles. The molecule has 116 valence electrons. The van der Waals surface area contributed by atoms with Crippen molar-refractivity contribution in [1.29, 1.82) is 0 Å². The van der Waals surface area contributed by atoms with Crippen LogP contribution in [0.4, 0.5) is 0 Å². The van der Waals surface area contributed by atoms with Gasteiger partial charge in [0, 0.05) is 11.6 Å². The largest absolute Gasteiger partial charge is 0.497 e. The molecule has 0 unspecified atom stereocenters. The van der Waals surface area contributed by atoms with Crippen LogP contribution in [0.1, 0.15) is 5.56 Å². The number of carbonyl (C=O) groups excluding carboxylic acids is 1. The van der Waals surface area contributed by atoms with E-state index in [9.17, 15) is 4.79 Å². The lowest BCUT2D eigenvalue weighted by Crippen LogP contribution is -2.30. The summed E-state index contributed by atoms with van der Waals surface area (Å²) in [6.45, 7) is 0.537. The van der Waals surface area contributed by atoms with Gasteiger partial charge in [-0.25, -0.2) is 0 Å². The maximum absolute atomic E-state index is 11.7. The van der Waals surface area contributed by atoms with Crippen LogP contribution in [0.3, 0.4) is 0 Å². The summed E-state index contributed by atoms with van der Waals surface area (Å²) in [5.74, 6) is 1.28. The maximum Gasteiger partial charge on any atom is 0.257 e. The van der Waals surface area contributed by atoms with Gasteiger partial charge in [0.1, 0.15) is 11.5 Å². The van der Waals surface area contributed by atoms with E-state index in [2.05, 4.69) is 5.32 Å². The van der Waals surface area contributed by atoms with Gasteiger partial charge in [-0.2, -0.15) is 0 Å². The van der Waals surface area contributed by atoms with Crippen LogP contribution in [0.25, 0.3) is 0 Å². The first kappa shape index (κ1) is 16.2. The molecule has 4 nitrogen and oxygen atoms in total. The number of rotatable bonds is 7. The normalized spacial score (nSPS) is 10.1. The van der Waals surface area contributed by atoms with Crippen molar-refractivity contribution in [2.75, 3.05) is 20.3 Å². The van der Waals surface area contributed by atoms with E-state index in [-0.39, 0.29) is 12.5 Å². The number of carbonyl (C=O) groups is 1. The summed E-state index contributed by atoms with van der Waals surface area (Å²) >= 11 is 5.78. The van der Waals surface area contributed by atoms with E-state index in [1.54, 1.807) is 31.4 Å². The van der Waals surface area contributed by atoms with Crippen molar-refractivity contribution in [3.8, 4) is 11.5 Å². The van der Waals surface area contributed by atoms with Crippen molar-refractivity contribution in [3.05, 3.63) is 59.1 Å². The number of benzene rings is 2. The summed E-state index contributed by atoms with van der Waals surface area (Å²) in [6.07, 6.45) is 0.740. The van der Waals surface area contributed by atoms with E-state index >= 15 is 0 Å². The van der Waals surface area contributed by atoms with Crippen molar-refractivity contribution in [2.45, 2.75) is 6.42 Å². The lowest BCUT2D eigenvalue weighted by atomic mass is 10.1. The van der Waals surface area contributed by atoms with Gasteiger partial charge in [0.2, 0.25) is 0 Å². The Morgan fingerprint density at radius 1 is 1.14 bits per heavy atom. The zero-order valence-electron chi connectivity index (χ0n) is 12.3. The summed E-state index contributed by atoms with van der Waals surface area (Å²) < 4.78 is 10.5. The van der Waals surface area contributed by atoms with Crippen LogP contribution >= 0.6 is 11.6 Å². The van der Waals surface area contributed by atoms with E-state index in [4.69, 9.17) is 21.1 Å². The number of nitrogens with one attached hydrogen (secondary N) is 1. The fourth-order valence-corrected chi connectivity index (χ4v) is 2.03. The molecule has 0 atom stereocenters. The van der Waals surface area contributed by atoms with Crippen LogP contribution in [0.2, 0.25) is 5.02 Å². The predicted octanol–water partition coefficient (Wildman–Crippen LogP) is 3.09. The fraction of sp³-hybridized carbons (Fsp3) is 0.235. The summed E-state index contributed by atoms with van der Waals surface area (Å²) in [7, 11) is 1.63. The molecule has 0 bridgehead atoms. The summed E-state index contributed by atoms with van der Waals surface area (Å²) in [5.41, 5.74) is 1.11. The Hall–Kier alpha value is -2.20. The van der Waals surface area contributed by atoms with E-state index in [0.717, 1.165) is 17.7 Å². The first-order chi connectivity index (χ1) is 10.7. The topological polar surface area (TPSA) is 47.6 Å². The van der Waals surface area contributed by atoms with Crippen LogP contribution in [-0.4, -0.2) is 26.2 Å². The number of ether oxygens (including phenoxy) is 2. The third-order valence-electron chi connectivity index (χ3n) is 3.05. The number of methoxy groups -OCH3 is 1. The predicted molar refractivity (Wildman–Crippen MR) is 86.7 cm³/mol. The Bertz CT molecular complexity index is 614. The molecule has 2 aromatic rings. The minimum atomic E-state index is -0.155. The Labute approximate surface area is 135 Å². The second-order valence-corrected chi connectivity index (χ2v) is 5.13. The number of hydrogen-bond acceptors (Lipinski definition) is 3. The van der Waals surface area contributed by atoms with E-state index in [1.807, 2.05) is 24.3 Å². The average Bonchev–Trinajstić information content (AvgIpc) is 2.54. The first-order valence-corrected chi connectivity index (χ1v) is 7.33. The second-order valence-electron chi connectivity index (χ2n) is 4.69. The van der Waals surface area contributed by atoms with Crippen molar-refractivity contribution in [1.82, 2.24) is 5.32 Å². The second kappa shape index (κ2) is 8.29. The molecule has 0 radical (unpaired) electrons. The van der Waals surface area contributed by atoms with Gasteiger partial charge in [-0.15, -0.1) is 0 Å². The van der Waals surface area contributed by atoms with Crippen LogP contribution < -0.4 is 14.8 Å². The SMILES string of the molecule is COc1cccc(CCNC(=O)COc2ccc(Cl)cc2)c1. The summed E-state index contributed by atoms with van der Waals surface area (Å²) in [5, 5.41) is 3.45. The molecule has 0 heterocycles. The quantitative estimate of drug-likeness (QED) is 0.853. The molecule has 0 aliphatic heterocycles. The molecule has 0 spiro atoms. The molecule has 0 aliphatic rings. The molecule has 22 heavy (non-hydrogen) atoms. The molecule has 5 heteroatoms. The smallest absolute Gasteiger partial charge is 0.257 e. The molecule has 0 aromatic heterocycles. The molecule has 1 amide bonds. The van der Waals surface area contributed by atoms with Crippen LogP contribution in [0.5, 0.6) is 11.5 Å². The molecule has 1 N–H and O–H groups in total. The van der Waals surface area contributed by atoms with Gasteiger partial charge < -0.3 is 14.8 Å². The number of halogens is 1. The standard InChI is InChI=1S/C17H18ClNO3/c1-21-16-4-2-3-13(11-16)9-10-19-17(20)12-22-15-7-5-14(18)6-8-15/h2-8,11H,9-10,12H2,1H3,(H,19,20). The van der Waals surface area contributed by atoms with Gasteiger partial charge in [-0.3, -0.25) is 4.79 Å². The molecule has 2 aromatic carbocycles. The fourth-order valence-electron chi connectivity index (χ4n) is 1.90. The Morgan fingerprint density at radius 2 is 1.91 bits per heavy atom. The summed E-state index contributed by atoms with van der Waals surface area (Å²) in [4.78, 5) is 11.7. The van der Waals surface area contributed by atoms with Crippen molar-refractivity contribution in [2.24, 2.45) is 0 Å². The van der Waals surface area contributed by atoms with Gasteiger partial charge in [-0.05, 0) is 48.4 Å². The zero-order chi connectivity index (χ0) is 15.8. The van der Waals surface area contributed by atoms with Gasteiger partial charge in [0.05, 0.1) is 7.11 Å². The zero-order valence-corrected chi connectivity index (χ0v) is 13.1. The third-order valence-corrected chi connectivity index (χ3v) is 3.31. The van der Waals surface area contributed by atoms with Crippen LogP contribution in [-0.2, 0) is 11.2 Å². The monoisotopic (exact) mass is 319 g/mol. The molecular formula is C17H18ClNO3. The summed E-state index contributed by atoms with van der Waals surface area (Å²) in [6, 6.07) is 14.7. The highest BCUT2D eigenvalue weighted by atomic mass is 35.5. The molecule has 0 saturated heterocycles. The molecule has 0 fully saturated rings.